The topological polar surface area (TPSA) is 50.9 Å². The van der Waals surface area contributed by atoms with Gasteiger partial charge in [-0.15, -0.1) is 0 Å². The largest absolute Gasteiger partial charge is 0.397 e. The van der Waals surface area contributed by atoms with E-state index in [1.54, 1.807) is 12.1 Å². The maximum absolute atomic E-state index is 6.14. The van der Waals surface area contributed by atoms with Gasteiger partial charge in [0.15, 0.2) is 0 Å². The van der Waals surface area contributed by atoms with Crippen molar-refractivity contribution in [2.45, 2.75) is 6.92 Å². The van der Waals surface area contributed by atoms with Crippen molar-refractivity contribution in [1.29, 1.82) is 0 Å². The van der Waals surface area contributed by atoms with Gasteiger partial charge in [0.2, 0.25) is 0 Å². The van der Waals surface area contributed by atoms with Crippen LogP contribution in [0.2, 0.25) is 10.0 Å². The molecule has 1 heterocycles. The molecule has 0 atom stereocenters. The Balaban J connectivity index is 2.34. The molecule has 0 fully saturated rings. The number of anilines is 3. The monoisotopic (exact) mass is 345 g/mol. The molecular weight excluding hydrogens is 337 g/mol. The highest BCUT2D eigenvalue weighted by atomic mass is 79.9. The minimum Gasteiger partial charge on any atom is -0.397 e. The van der Waals surface area contributed by atoms with Gasteiger partial charge in [-0.05, 0) is 47.1 Å². The average Bonchev–Trinajstić information content (AvgIpc) is 2.34. The smallest absolute Gasteiger partial charge is 0.130 e. The third-order valence-corrected chi connectivity index (χ3v) is 4.20. The summed E-state index contributed by atoms with van der Waals surface area (Å²) in [6.45, 7) is 1.84. The molecule has 1 aromatic carbocycles. The second kappa shape index (κ2) is 5.34. The molecule has 0 aliphatic carbocycles. The van der Waals surface area contributed by atoms with Crippen molar-refractivity contribution in [3.63, 3.8) is 0 Å². The number of pyridine rings is 1. The second-order valence-corrected chi connectivity index (χ2v) is 5.33. The average molecular weight is 347 g/mol. The number of aryl methyl sites for hydroxylation is 1. The molecular formula is C12H10BrCl2N3. The van der Waals surface area contributed by atoms with Gasteiger partial charge in [0, 0.05) is 4.47 Å². The first-order valence-corrected chi connectivity index (χ1v) is 6.67. The SMILES string of the molecule is Cc1nc(Nc2ccc(Br)c(Cl)c2Cl)ccc1N. The zero-order valence-corrected chi connectivity index (χ0v) is 12.6. The normalized spacial score (nSPS) is 10.4. The third-order valence-electron chi connectivity index (χ3n) is 2.42. The Morgan fingerprint density at radius 1 is 1.17 bits per heavy atom. The van der Waals surface area contributed by atoms with E-state index in [2.05, 4.69) is 26.2 Å². The number of nitrogens with zero attached hydrogens (tertiary/aromatic N) is 1. The molecule has 94 valence electrons. The lowest BCUT2D eigenvalue weighted by Gasteiger charge is -2.10. The van der Waals surface area contributed by atoms with Crippen LogP contribution in [0.5, 0.6) is 0 Å². The summed E-state index contributed by atoms with van der Waals surface area (Å²) in [5, 5.41) is 4.02. The molecule has 0 saturated heterocycles. The predicted molar refractivity (Wildman–Crippen MR) is 80.8 cm³/mol. The van der Waals surface area contributed by atoms with E-state index in [0.717, 1.165) is 10.2 Å². The van der Waals surface area contributed by atoms with E-state index < -0.39 is 0 Å². The van der Waals surface area contributed by atoms with Crippen molar-refractivity contribution >= 4 is 56.3 Å². The molecule has 3 nitrogen and oxygen atoms in total. The highest BCUT2D eigenvalue weighted by molar-refractivity contribution is 9.10. The fourth-order valence-electron chi connectivity index (χ4n) is 1.40. The molecule has 0 aliphatic rings. The Morgan fingerprint density at radius 3 is 2.56 bits per heavy atom. The quantitative estimate of drug-likeness (QED) is 0.769. The summed E-state index contributed by atoms with van der Waals surface area (Å²) < 4.78 is 0.751. The standard InChI is InChI=1S/C12H10BrCl2N3/c1-6-8(16)3-5-10(17-6)18-9-4-2-7(13)11(14)12(9)15/h2-5H,16H2,1H3,(H,17,18). The molecule has 0 spiro atoms. The number of nitrogens with one attached hydrogen (secondary N) is 1. The second-order valence-electron chi connectivity index (χ2n) is 3.72. The minimum atomic E-state index is 0.447. The van der Waals surface area contributed by atoms with Crippen LogP contribution in [-0.4, -0.2) is 4.98 Å². The summed E-state index contributed by atoms with van der Waals surface area (Å²) in [6.07, 6.45) is 0. The number of halogens is 3. The van der Waals surface area contributed by atoms with E-state index in [-0.39, 0.29) is 0 Å². The number of hydrogen-bond donors (Lipinski definition) is 2. The molecule has 6 heteroatoms. The fourth-order valence-corrected chi connectivity index (χ4v) is 2.22. The maximum Gasteiger partial charge on any atom is 0.130 e. The van der Waals surface area contributed by atoms with E-state index >= 15 is 0 Å². The minimum absolute atomic E-state index is 0.447. The van der Waals surface area contributed by atoms with Crippen molar-refractivity contribution in [1.82, 2.24) is 4.98 Å². The van der Waals surface area contributed by atoms with Crippen LogP contribution in [0.25, 0.3) is 0 Å². The van der Waals surface area contributed by atoms with Crippen molar-refractivity contribution in [3.05, 3.63) is 44.5 Å². The number of benzene rings is 1. The third kappa shape index (κ3) is 2.71. The molecule has 0 radical (unpaired) electrons. The summed E-state index contributed by atoms with van der Waals surface area (Å²) in [7, 11) is 0. The van der Waals surface area contributed by atoms with Gasteiger partial charge in [0.1, 0.15) is 5.82 Å². The molecule has 1 aromatic heterocycles. The van der Waals surface area contributed by atoms with Crippen LogP contribution >= 0.6 is 39.1 Å². The lowest BCUT2D eigenvalue weighted by molar-refractivity contribution is 1.20. The molecule has 0 amide bonds. The summed E-state index contributed by atoms with van der Waals surface area (Å²) >= 11 is 15.5. The molecule has 18 heavy (non-hydrogen) atoms. The molecule has 0 bridgehead atoms. The van der Waals surface area contributed by atoms with Gasteiger partial charge in [-0.2, -0.15) is 0 Å². The first kappa shape index (κ1) is 13.5. The first-order chi connectivity index (χ1) is 8.49. The zero-order valence-electron chi connectivity index (χ0n) is 9.47. The summed E-state index contributed by atoms with van der Waals surface area (Å²) in [6, 6.07) is 7.22. The Bertz CT molecular complexity index is 602. The summed E-state index contributed by atoms with van der Waals surface area (Å²) in [5.74, 6) is 0.669. The van der Waals surface area contributed by atoms with Gasteiger partial charge in [0.05, 0.1) is 27.1 Å². The van der Waals surface area contributed by atoms with Crippen LogP contribution < -0.4 is 11.1 Å². The van der Waals surface area contributed by atoms with E-state index in [4.69, 9.17) is 28.9 Å². The van der Waals surface area contributed by atoms with E-state index in [9.17, 15) is 0 Å². The Morgan fingerprint density at radius 2 is 1.89 bits per heavy atom. The molecule has 3 N–H and O–H groups in total. The highest BCUT2D eigenvalue weighted by Gasteiger charge is 2.09. The Hall–Kier alpha value is -0.970. The predicted octanol–water partition coefficient (Wildman–Crippen LogP) is 4.79. The van der Waals surface area contributed by atoms with E-state index in [0.29, 0.717) is 27.2 Å². The van der Waals surface area contributed by atoms with Crippen molar-refractivity contribution in [3.8, 4) is 0 Å². The molecule has 0 unspecified atom stereocenters. The molecule has 2 rings (SSSR count). The molecule has 0 aliphatic heterocycles. The molecule has 2 aromatic rings. The van der Waals surface area contributed by atoms with E-state index in [1.165, 1.54) is 0 Å². The van der Waals surface area contributed by atoms with Crippen LogP contribution in [0.15, 0.2) is 28.7 Å². The number of rotatable bonds is 2. The van der Waals surface area contributed by atoms with Gasteiger partial charge >= 0.3 is 0 Å². The summed E-state index contributed by atoms with van der Waals surface area (Å²) in [4.78, 5) is 4.31. The van der Waals surface area contributed by atoms with Gasteiger partial charge in [-0.3, -0.25) is 0 Å². The Labute approximate surface area is 123 Å². The number of nitrogens with two attached hydrogens (primary N) is 1. The van der Waals surface area contributed by atoms with Crippen molar-refractivity contribution < 1.29 is 0 Å². The number of nitrogen functional groups attached to an aromatic ring is 1. The maximum atomic E-state index is 6.14. The Kier molecular flexibility index (Phi) is 4.00. The van der Waals surface area contributed by atoms with Crippen molar-refractivity contribution in [2.75, 3.05) is 11.1 Å². The number of aromatic nitrogens is 1. The first-order valence-electron chi connectivity index (χ1n) is 5.12. The van der Waals surface area contributed by atoms with Gasteiger partial charge in [0.25, 0.3) is 0 Å². The van der Waals surface area contributed by atoms with Crippen LogP contribution in [0.3, 0.4) is 0 Å². The lowest BCUT2D eigenvalue weighted by Crippen LogP contribution is -1.98. The lowest BCUT2D eigenvalue weighted by atomic mass is 10.3. The number of hydrogen-bond acceptors (Lipinski definition) is 3. The van der Waals surface area contributed by atoms with Crippen molar-refractivity contribution in [2.24, 2.45) is 0 Å². The van der Waals surface area contributed by atoms with Gasteiger partial charge < -0.3 is 11.1 Å². The summed E-state index contributed by atoms with van der Waals surface area (Å²) in [5.41, 5.74) is 7.82. The van der Waals surface area contributed by atoms with Gasteiger partial charge in [-0.1, -0.05) is 23.2 Å². The van der Waals surface area contributed by atoms with Crippen LogP contribution in [0.4, 0.5) is 17.2 Å². The van der Waals surface area contributed by atoms with Crippen LogP contribution in [0.1, 0.15) is 5.69 Å². The van der Waals surface area contributed by atoms with E-state index in [1.807, 2.05) is 19.1 Å². The van der Waals surface area contributed by atoms with Gasteiger partial charge in [-0.25, -0.2) is 4.98 Å². The van der Waals surface area contributed by atoms with Crippen LogP contribution in [0, 0.1) is 6.92 Å². The highest BCUT2D eigenvalue weighted by Crippen LogP contribution is 2.36. The molecule has 0 saturated carbocycles. The zero-order chi connectivity index (χ0) is 13.3. The fraction of sp³-hybridized carbons (Fsp3) is 0.0833. The van der Waals surface area contributed by atoms with Crippen LogP contribution in [-0.2, 0) is 0 Å².